The molecule has 2 amide bonds. The lowest BCUT2D eigenvalue weighted by Crippen LogP contribution is -2.52. The highest BCUT2D eigenvalue weighted by Gasteiger charge is 2.33. The van der Waals surface area contributed by atoms with Crippen LogP contribution in [0.25, 0.3) is 0 Å². The van der Waals surface area contributed by atoms with Crippen molar-refractivity contribution in [1.82, 2.24) is 14.7 Å². The first-order chi connectivity index (χ1) is 17.9. The molecule has 2 aromatic carbocycles. The molecule has 2 heterocycles. The molecule has 2 aliphatic heterocycles. The highest BCUT2D eigenvalue weighted by molar-refractivity contribution is 5.81. The second-order valence-corrected chi connectivity index (χ2v) is 10.0. The van der Waals surface area contributed by atoms with Crippen molar-refractivity contribution in [3.8, 4) is 5.75 Å². The van der Waals surface area contributed by atoms with E-state index in [1.54, 1.807) is 7.11 Å². The Balaban J connectivity index is 1.54. The Kier molecular flexibility index (Phi) is 9.22. The van der Waals surface area contributed by atoms with Crippen molar-refractivity contribution in [3.05, 3.63) is 64.7 Å². The van der Waals surface area contributed by atoms with Crippen LogP contribution in [0.15, 0.2) is 42.5 Å². The smallest absolute Gasteiger partial charge is 0.263 e. The zero-order valence-electron chi connectivity index (χ0n) is 22.7. The van der Waals surface area contributed by atoms with Crippen LogP contribution in [0, 0.1) is 6.92 Å². The molecule has 0 N–H and O–H groups in total. The van der Waals surface area contributed by atoms with Gasteiger partial charge in [-0.05, 0) is 48.6 Å². The van der Waals surface area contributed by atoms with Crippen molar-refractivity contribution in [3.63, 3.8) is 0 Å². The Labute approximate surface area is 221 Å². The minimum Gasteiger partial charge on any atom is -0.481 e. The van der Waals surface area contributed by atoms with Crippen LogP contribution in [0.4, 0.5) is 0 Å². The van der Waals surface area contributed by atoms with Crippen LogP contribution in [-0.2, 0) is 20.7 Å². The topological polar surface area (TPSA) is 62.3 Å². The molecule has 7 nitrogen and oxygen atoms in total. The third kappa shape index (κ3) is 6.33. The van der Waals surface area contributed by atoms with Crippen molar-refractivity contribution >= 4 is 11.8 Å². The third-order valence-electron chi connectivity index (χ3n) is 7.55. The van der Waals surface area contributed by atoms with Gasteiger partial charge in [0.1, 0.15) is 5.75 Å². The summed E-state index contributed by atoms with van der Waals surface area (Å²) in [6.07, 6.45) is 1.35. The zero-order valence-corrected chi connectivity index (χ0v) is 22.7. The number of hydrogen-bond acceptors (Lipinski definition) is 5. The molecule has 2 aliphatic rings. The van der Waals surface area contributed by atoms with Gasteiger partial charge in [0.25, 0.3) is 5.91 Å². The van der Waals surface area contributed by atoms with Gasteiger partial charge in [-0.1, -0.05) is 49.7 Å². The average Bonchev–Trinajstić information content (AvgIpc) is 2.93. The number of benzene rings is 2. The highest BCUT2D eigenvalue weighted by Crippen LogP contribution is 2.38. The summed E-state index contributed by atoms with van der Waals surface area (Å²) in [5.41, 5.74) is 4.59. The molecule has 2 unspecified atom stereocenters. The van der Waals surface area contributed by atoms with Gasteiger partial charge in [0, 0.05) is 52.8 Å². The fraction of sp³-hybridized carbons (Fsp3) is 0.533. The SMILES string of the molecule is CCC(=O)N1CCc2ccc(OC(CC)C(=O)N3CCN(CCOC)CC3)cc2C1c1cccc(C)c1. The van der Waals surface area contributed by atoms with Gasteiger partial charge in [0.15, 0.2) is 6.10 Å². The van der Waals surface area contributed by atoms with Gasteiger partial charge in [-0.25, -0.2) is 0 Å². The van der Waals surface area contributed by atoms with Crippen molar-refractivity contribution in [1.29, 1.82) is 0 Å². The molecule has 4 rings (SSSR count). The number of carbonyl (C=O) groups excluding carboxylic acids is 2. The van der Waals surface area contributed by atoms with Crippen molar-refractivity contribution < 1.29 is 19.1 Å². The fourth-order valence-electron chi connectivity index (χ4n) is 5.43. The summed E-state index contributed by atoms with van der Waals surface area (Å²) >= 11 is 0. The number of amides is 2. The Morgan fingerprint density at radius 2 is 1.81 bits per heavy atom. The second kappa shape index (κ2) is 12.6. The van der Waals surface area contributed by atoms with E-state index in [-0.39, 0.29) is 17.9 Å². The van der Waals surface area contributed by atoms with Crippen LogP contribution in [-0.4, -0.2) is 85.6 Å². The number of rotatable bonds is 9. The summed E-state index contributed by atoms with van der Waals surface area (Å²) in [4.78, 5) is 32.5. The normalized spacial score (nSPS) is 18.9. The molecule has 0 aromatic heterocycles. The maximum Gasteiger partial charge on any atom is 0.263 e. The minimum atomic E-state index is -0.530. The summed E-state index contributed by atoms with van der Waals surface area (Å²) in [5, 5.41) is 0. The largest absolute Gasteiger partial charge is 0.481 e. The lowest BCUT2D eigenvalue weighted by molar-refractivity contribution is -0.140. The molecule has 37 heavy (non-hydrogen) atoms. The van der Waals surface area contributed by atoms with E-state index in [1.165, 1.54) is 11.1 Å². The van der Waals surface area contributed by atoms with E-state index in [4.69, 9.17) is 9.47 Å². The van der Waals surface area contributed by atoms with E-state index in [0.29, 0.717) is 44.8 Å². The van der Waals surface area contributed by atoms with E-state index in [2.05, 4.69) is 48.2 Å². The molecule has 0 saturated carbocycles. The number of hydrogen-bond donors (Lipinski definition) is 0. The highest BCUT2D eigenvalue weighted by atomic mass is 16.5. The molecule has 0 aliphatic carbocycles. The van der Waals surface area contributed by atoms with E-state index in [1.807, 2.05) is 29.7 Å². The van der Waals surface area contributed by atoms with Gasteiger partial charge in [-0.3, -0.25) is 14.5 Å². The lowest BCUT2D eigenvalue weighted by Gasteiger charge is -2.38. The minimum absolute atomic E-state index is 0.0460. The number of methoxy groups -OCH3 is 1. The van der Waals surface area contributed by atoms with Gasteiger partial charge in [-0.2, -0.15) is 0 Å². The number of nitrogens with zero attached hydrogens (tertiary/aromatic N) is 3. The van der Waals surface area contributed by atoms with Crippen LogP contribution in [0.5, 0.6) is 5.75 Å². The number of piperazine rings is 1. The second-order valence-electron chi connectivity index (χ2n) is 10.0. The predicted molar refractivity (Wildman–Crippen MR) is 145 cm³/mol. The first kappa shape index (κ1) is 27.1. The molecule has 2 aromatic rings. The van der Waals surface area contributed by atoms with Crippen molar-refractivity contribution in [2.75, 3.05) is 53.0 Å². The molecule has 0 spiro atoms. The molecular weight excluding hydrogens is 466 g/mol. The van der Waals surface area contributed by atoms with Crippen LogP contribution < -0.4 is 4.74 Å². The Morgan fingerprint density at radius 1 is 1.03 bits per heavy atom. The Bertz CT molecular complexity index is 1080. The predicted octanol–water partition coefficient (Wildman–Crippen LogP) is 3.83. The zero-order chi connectivity index (χ0) is 26.4. The molecule has 200 valence electrons. The van der Waals surface area contributed by atoms with E-state index < -0.39 is 6.10 Å². The lowest BCUT2D eigenvalue weighted by atomic mass is 9.87. The van der Waals surface area contributed by atoms with E-state index >= 15 is 0 Å². The van der Waals surface area contributed by atoms with Gasteiger partial charge in [-0.15, -0.1) is 0 Å². The summed E-state index contributed by atoms with van der Waals surface area (Å²) in [6.45, 7) is 11.4. The number of carbonyl (C=O) groups is 2. The van der Waals surface area contributed by atoms with Crippen LogP contribution >= 0.6 is 0 Å². The monoisotopic (exact) mass is 507 g/mol. The summed E-state index contributed by atoms with van der Waals surface area (Å²) in [6, 6.07) is 14.4. The van der Waals surface area contributed by atoms with E-state index in [9.17, 15) is 9.59 Å². The Hall–Kier alpha value is -2.90. The molecular formula is C30H41N3O4. The van der Waals surface area contributed by atoms with Crippen molar-refractivity contribution in [2.24, 2.45) is 0 Å². The van der Waals surface area contributed by atoms with Gasteiger partial charge in [0.05, 0.1) is 12.6 Å². The average molecular weight is 508 g/mol. The van der Waals surface area contributed by atoms with Gasteiger partial charge >= 0.3 is 0 Å². The standard InChI is InChI=1S/C30H41N3O4/c1-5-27(30(35)32-16-14-31(15-17-32)18-19-36-4)37-25-11-10-23-12-13-33(28(34)6-2)29(26(23)21-25)24-9-7-8-22(3)20-24/h7-11,20-21,27,29H,5-6,12-19H2,1-4H3. The molecule has 0 bridgehead atoms. The maximum absolute atomic E-state index is 13.4. The number of ether oxygens (including phenoxy) is 2. The molecule has 2 atom stereocenters. The number of aryl methyl sites for hydroxylation is 1. The summed E-state index contributed by atoms with van der Waals surface area (Å²) in [5.74, 6) is 0.875. The molecule has 1 fully saturated rings. The van der Waals surface area contributed by atoms with Crippen LogP contribution in [0.1, 0.15) is 55.0 Å². The number of fused-ring (bicyclic) bond motifs is 1. The quantitative estimate of drug-likeness (QED) is 0.516. The van der Waals surface area contributed by atoms with E-state index in [0.717, 1.165) is 37.2 Å². The van der Waals surface area contributed by atoms with Crippen molar-refractivity contribution in [2.45, 2.75) is 52.2 Å². The summed E-state index contributed by atoms with van der Waals surface area (Å²) < 4.78 is 11.5. The first-order valence-corrected chi connectivity index (χ1v) is 13.6. The van der Waals surface area contributed by atoms with Crippen LogP contribution in [0.2, 0.25) is 0 Å². The summed E-state index contributed by atoms with van der Waals surface area (Å²) in [7, 11) is 1.71. The molecule has 0 radical (unpaired) electrons. The fourth-order valence-corrected chi connectivity index (χ4v) is 5.43. The van der Waals surface area contributed by atoms with Gasteiger partial charge in [0.2, 0.25) is 5.91 Å². The third-order valence-corrected chi connectivity index (χ3v) is 7.55. The Morgan fingerprint density at radius 3 is 2.49 bits per heavy atom. The maximum atomic E-state index is 13.4. The first-order valence-electron chi connectivity index (χ1n) is 13.6. The molecule has 7 heteroatoms. The molecule has 1 saturated heterocycles. The van der Waals surface area contributed by atoms with Crippen LogP contribution in [0.3, 0.4) is 0 Å². The van der Waals surface area contributed by atoms with Gasteiger partial charge < -0.3 is 19.3 Å².